The van der Waals surface area contributed by atoms with E-state index in [1.54, 1.807) is 0 Å². The van der Waals surface area contributed by atoms with Crippen LogP contribution in [0.15, 0.2) is 60.7 Å². The molecule has 3 aromatic rings. The Balaban J connectivity index is 1.68. The van der Waals surface area contributed by atoms with Gasteiger partial charge in [0, 0.05) is 24.2 Å². The normalized spacial score (nSPS) is 17.7. The van der Waals surface area contributed by atoms with Crippen LogP contribution in [0, 0.1) is 0 Å². The van der Waals surface area contributed by atoms with Crippen LogP contribution in [0.4, 0.5) is 5.95 Å². The summed E-state index contributed by atoms with van der Waals surface area (Å²) in [6, 6.07) is 21.2. The Morgan fingerprint density at radius 3 is 2.14 bits per heavy atom. The maximum absolute atomic E-state index is 5.11. The Hall–Kier alpha value is -2.94. The van der Waals surface area contributed by atoms with Gasteiger partial charge in [-0.1, -0.05) is 60.7 Å². The number of nitrogens with zero attached hydrogens (tertiary/aromatic N) is 3. The summed E-state index contributed by atoms with van der Waals surface area (Å²) in [6.45, 7) is 2.12. The highest BCUT2D eigenvalue weighted by Crippen LogP contribution is 2.37. The van der Waals surface area contributed by atoms with Crippen molar-refractivity contribution in [2.24, 2.45) is 0 Å². The lowest BCUT2D eigenvalue weighted by Crippen LogP contribution is -2.22. The Bertz CT molecular complexity index is 987. The molecule has 1 fully saturated rings. The van der Waals surface area contributed by atoms with Gasteiger partial charge in [-0.2, -0.15) is 0 Å². The van der Waals surface area contributed by atoms with Gasteiger partial charge in [0.1, 0.15) is 0 Å². The van der Waals surface area contributed by atoms with Crippen molar-refractivity contribution in [1.82, 2.24) is 9.97 Å². The second-order valence-electron chi connectivity index (χ2n) is 7.69. The van der Waals surface area contributed by atoms with Crippen LogP contribution in [-0.2, 0) is 6.42 Å². The van der Waals surface area contributed by atoms with Crippen molar-refractivity contribution >= 4 is 17.6 Å². The molecule has 0 radical (unpaired) electrons. The Morgan fingerprint density at radius 2 is 1.39 bits per heavy atom. The van der Waals surface area contributed by atoms with Crippen LogP contribution in [0.1, 0.15) is 42.5 Å². The molecule has 3 nitrogen and oxygen atoms in total. The van der Waals surface area contributed by atoms with Gasteiger partial charge in [0.2, 0.25) is 5.95 Å². The lowest BCUT2D eigenvalue weighted by Gasteiger charge is -2.24. The average molecular weight is 367 g/mol. The molecule has 1 aliphatic carbocycles. The second kappa shape index (κ2) is 7.59. The maximum atomic E-state index is 5.11. The number of fused-ring (bicyclic) bond motifs is 1. The van der Waals surface area contributed by atoms with E-state index in [2.05, 4.69) is 71.6 Å². The monoisotopic (exact) mass is 367 g/mol. The van der Waals surface area contributed by atoms with Gasteiger partial charge in [-0.25, -0.2) is 9.97 Å². The Kier molecular flexibility index (Phi) is 4.66. The molecule has 1 aliphatic heterocycles. The molecule has 0 unspecified atom stereocenters. The summed E-state index contributed by atoms with van der Waals surface area (Å²) < 4.78 is 0. The van der Waals surface area contributed by atoms with E-state index >= 15 is 0 Å². The van der Waals surface area contributed by atoms with Crippen LogP contribution in [-0.4, -0.2) is 23.1 Å². The van der Waals surface area contributed by atoms with E-state index in [4.69, 9.17) is 9.97 Å². The molecule has 5 rings (SSSR count). The SMILES string of the molecule is C(=C1/CCCc2c1nc(N1CCCC1)nc2-c1ccccc1)/c1ccccc1. The number of allylic oxidation sites excluding steroid dienone is 1. The first-order chi connectivity index (χ1) is 13.9. The van der Waals surface area contributed by atoms with Crippen molar-refractivity contribution < 1.29 is 0 Å². The topological polar surface area (TPSA) is 29.0 Å². The first kappa shape index (κ1) is 17.2. The highest BCUT2D eigenvalue weighted by molar-refractivity contribution is 5.85. The first-order valence-electron chi connectivity index (χ1n) is 10.4. The fraction of sp³-hybridized carbons (Fsp3) is 0.280. The minimum Gasteiger partial charge on any atom is -0.341 e. The standard InChI is InChI=1S/C25H25N3/c1-3-10-19(11-4-1)18-21-14-9-15-22-23(20-12-5-2-6-13-20)26-25(27-24(21)22)28-16-7-8-17-28/h1-6,10-13,18H,7-9,14-17H2/b21-18+. The number of hydrogen-bond donors (Lipinski definition) is 0. The van der Waals surface area contributed by atoms with Crippen LogP contribution >= 0.6 is 0 Å². The van der Waals surface area contributed by atoms with E-state index < -0.39 is 0 Å². The van der Waals surface area contributed by atoms with Crippen molar-refractivity contribution in [2.75, 3.05) is 18.0 Å². The second-order valence-corrected chi connectivity index (χ2v) is 7.69. The molecule has 3 heteroatoms. The average Bonchev–Trinajstić information content (AvgIpc) is 3.30. The molecular weight excluding hydrogens is 342 g/mol. The highest BCUT2D eigenvalue weighted by atomic mass is 15.3. The van der Waals surface area contributed by atoms with Crippen LogP contribution in [0.5, 0.6) is 0 Å². The predicted molar refractivity (Wildman–Crippen MR) is 116 cm³/mol. The van der Waals surface area contributed by atoms with Gasteiger partial charge in [0.05, 0.1) is 11.4 Å². The van der Waals surface area contributed by atoms with Crippen LogP contribution < -0.4 is 4.90 Å². The van der Waals surface area contributed by atoms with Crippen molar-refractivity contribution in [3.05, 3.63) is 77.5 Å². The van der Waals surface area contributed by atoms with Gasteiger partial charge < -0.3 is 4.90 Å². The molecule has 140 valence electrons. The number of anilines is 1. The predicted octanol–water partition coefficient (Wildman–Crippen LogP) is 5.62. The molecule has 0 saturated carbocycles. The largest absolute Gasteiger partial charge is 0.341 e. The Labute approximate surface area is 166 Å². The number of benzene rings is 2. The van der Waals surface area contributed by atoms with Gasteiger partial charge in [-0.05, 0) is 49.3 Å². The molecule has 2 aromatic carbocycles. The molecular formula is C25H25N3. The van der Waals surface area contributed by atoms with Crippen LogP contribution in [0.2, 0.25) is 0 Å². The number of hydrogen-bond acceptors (Lipinski definition) is 3. The van der Waals surface area contributed by atoms with Gasteiger partial charge in [0.25, 0.3) is 0 Å². The lowest BCUT2D eigenvalue weighted by molar-refractivity contribution is 0.794. The van der Waals surface area contributed by atoms with Gasteiger partial charge in [-0.15, -0.1) is 0 Å². The molecule has 0 amide bonds. The molecule has 0 bridgehead atoms. The van der Waals surface area contributed by atoms with E-state index in [0.717, 1.165) is 49.7 Å². The van der Waals surface area contributed by atoms with Crippen molar-refractivity contribution in [1.29, 1.82) is 0 Å². The quantitative estimate of drug-likeness (QED) is 0.601. The lowest BCUT2D eigenvalue weighted by atomic mass is 9.87. The van der Waals surface area contributed by atoms with E-state index in [9.17, 15) is 0 Å². The minimum absolute atomic E-state index is 0.899. The Morgan fingerprint density at radius 1 is 0.714 bits per heavy atom. The zero-order valence-corrected chi connectivity index (χ0v) is 16.1. The highest BCUT2D eigenvalue weighted by Gasteiger charge is 2.25. The maximum Gasteiger partial charge on any atom is 0.226 e. The summed E-state index contributed by atoms with van der Waals surface area (Å²) in [5.41, 5.74) is 7.36. The molecule has 28 heavy (non-hydrogen) atoms. The third-order valence-corrected chi connectivity index (χ3v) is 5.75. The summed E-state index contributed by atoms with van der Waals surface area (Å²) >= 11 is 0. The van der Waals surface area contributed by atoms with Gasteiger partial charge in [-0.3, -0.25) is 0 Å². The van der Waals surface area contributed by atoms with Gasteiger partial charge in [0.15, 0.2) is 0 Å². The fourth-order valence-corrected chi connectivity index (χ4v) is 4.33. The third kappa shape index (κ3) is 3.33. The summed E-state index contributed by atoms with van der Waals surface area (Å²) in [7, 11) is 0. The molecule has 0 N–H and O–H groups in total. The van der Waals surface area contributed by atoms with E-state index in [-0.39, 0.29) is 0 Å². The van der Waals surface area contributed by atoms with Crippen LogP contribution in [0.25, 0.3) is 22.9 Å². The summed E-state index contributed by atoms with van der Waals surface area (Å²) in [5, 5.41) is 0. The van der Waals surface area contributed by atoms with Crippen molar-refractivity contribution in [2.45, 2.75) is 32.1 Å². The smallest absolute Gasteiger partial charge is 0.226 e. The van der Waals surface area contributed by atoms with E-state index in [0.29, 0.717) is 0 Å². The number of aromatic nitrogens is 2. The van der Waals surface area contributed by atoms with E-state index in [1.165, 1.54) is 35.1 Å². The third-order valence-electron chi connectivity index (χ3n) is 5.75. The zero-order valence-electron chi connectivity index (χ0n) is 16.1. The van der Waals surface area contributed by atoms with Crippen molar-refractivity contribution in [3.63, 3.8) is 0 Å². The summed E-state index contributed by atoms with van der Waals surface area (Å²) in [6.07, 6.45) is 8.05. The molecule has 2 aliphatic rings. The molecule has 1 saturated heterocycles. The summed E-state index contributed by atoms with van der Waals surface area (Å²) in [4.78, 5) is 12.5. The molecule has 2 heterocycles. The zero-order chi connectivity index (χ0) is 18.8. The number of rotatable bonds is 3. The van der Waals surface area contributed by atoms with Gasteiger partial charge >= 0.3 is 0 Å². The van der Waals surface area contributed by atoms with Crippen LogP contribution in [0.3, 0.4) is 0 Å². The molecule has 0 spiro atoms. The fourth-order valence-electron chi connectivity index (χ4n) is 4.33. The summed E-state index contributed by atoms with van der Waals surface area (Å²) in [5.74, 6) is 0.899. The molecule has 0 atom stereocenters. The minimum atomic E-state index is 0.899. The first-order valence-corrected chi connectivity index (χ1v) is 10.4. The molecule has 1 aromatic heterocycles. The van der Waals surface area contributed by atoms with E-state index in [1.807, 2.05) is 0 Å². The van der Waals surface area contributed by atoms with Crippen molar-refractivity contribution in [3.8, 4) is 11.3 Å².